The molecule has 0 aliphatic rings. The van der Waals surface area contributed by atoms with Gasteiger partial charge in [0.1, 0.15) is 11.5 Å². The van der Waals surface area contributed by atoms with Crippen LogP contribution in [0, 0.1) is 11.3 Å². The molecule has 1 unspecified atom stereocenters. The highest BCUT2D eigenvalue weighted by Crippen LogP contribution is 2.17. The van der Waals surface area contributed by atoms with E-state index in [-0.39, 0.29) is 5.91 Å². The van der Waals surface area contributed by atoms with Crippen LogP contribution in [0.15, 0.2) is 71.6 Å². The number of carbonyl (C=O) groups excluding carboxylic acids is 1. The van der Waals surface area contributed by atoms with E-state index in [9.17, 15) is 4.79 Å². The maximum absolute atomic E-state index is 13.0. The second kappa shape index (κ2) is 8.68. The number of hydrogen-bond donors (Lipinski definition) is 0. The summed E-state index contributed by atoms with van der Waals surface area (Å²) in [7, 11) is 0. The summed E-state index contributed by atoms with van der Waals surface area (Å²) in [4.78, 5) is 18.8. The summed E-state index contributed by atoms with van der Waals surface area (Å²) in [6.45, 7) is 2.44. The number of aromatic nitrogens is 1. The molecule has 0 saturated heterocycles. The maximum atomic E-state index is 13.0. The molecule has 1 aromatic carbocycles. The van der Waals surface area contributed by atoms with Crippen molar-refractivity contribution in [1.29, 1.82) is 5.26 Å². The van der Waals surface area contributed by atoms with E-state index >= 15 is 0 Å². The molecule has 6 nitrogen and oxygen atoms in total. The topological polar surface area (TPSA) is 79.4 Å². The van der Waals surface area contributed by atoms with Crippen LogP contribution in [0.5, 0.6) is 5.75 Å². The lowest BCUT2D eigenvalue weighted by atomic mass is 10.2. The zero-order chi connectivity index (χ0) is 19.1. The Hall–Kier alpha value is -3.59. The zero-order valence-corrected chi connectivity index (χ0v) is 14.9. The van der Waals surface area contributed by atoms with Gasteiger partial charge in [0.2, 0.25) is 0 Å². The largest absolute Gasteiger partial charge is 0.481 e. The van der Waals surface area contributed by atoms with Crippen molar-refractivity contribution in [1.82, 2.24) is 9.88 Å². The first-order chi connectivity index (χ1) is 13.2. The first-order valence-corrected chi connectivity index (χ1v) is 8.52. The Labute approximate surface area is 157 Å². The smallest absolute Gasteiger partial charge is 0.264 e. The number of ether oxygens (including phenoxy) is 1. The van der Waals surface area contributed by atoms with Crippen molar-refractivity contribution < 1.29 is 13.9 Å². The molecule has 0 bridgehead atoms. The molecule has 0 N–H and O–H groups in total. The molecule has 3 rings (SSSR count). The van der Waals surface area contributed by atoms with Crippen molar-refractivity contribution in [3.63, 3.8) is 0 Å². The lowest BCUT2D eigenvalue weighted by Gasteiger charge is -2.25. The second-order valence-electron chi connectivity index (χ2n) is 6.03. The Balaban J connectivity index is 1.73. The van der Waals surface area contributed by atoms with E-state index in [1.54, 1.807) is 60.8 Å². The Morgan fingerprint density at radius 3 is 2.67 bits per heavy atom. The minimum absolute atomic E-state index is 0.167. The van der Waals surface area contributed by atoms with Gasteiger partial charge in [0.05, 0.1) is 24.4 Å². The van der Waals surface area contributed by atoms with Crippen LogP contribution in [0.3, 0.4) is 0 Å². The predicted octanol–water partition coefficient (Wildman–Crippen LogP) is 3.54. The molecule has 0 saturated carbocycles. The molecular formula is C21H19N3O3. The molecule has 0 radical (unpaired) electrons. The van der Waals surface area contributed by atoms with Crippen molar-refractivity contribution >= 4 is 5.91 Å². The summed E-state index contributed by atoms with van der Waals surface area (Å²) in [5, 5.41) is 8.87. The van der Waals surface area contributed by atoms with Crippen molar-refractivity contribution in [3.05, 3.63) is 84.1 Å². The van der Waals surface area contributed by atoms with E-state index < -0.39 is 6.10 Å². The zero-order valence-electron chi connectivity index (χ0n) is 14.9. The number of nitrogens with zero attached hydrogens (tertiary/aromatic N) is 3. The van der Waals surface area contributed by atoms with Gasteiger partial charge in [-0.05, 0) is 55.0 Å². The quantitative estimate of drug-likeness (QED) is 0.643. The van der Waals surface area contributed by atoms with Gasteiger partial charge in [0.25, 0.3) is 5.91 Å². The Morgan fingerprint density at radius 1 is 1.22 bits per heavy atom. The first kappa shape index (κ1) is 18.2. The van der Waals surface area contributed by atoms with Crippen LogP contribution in [0.1, 0.15) is 23.8 Å². The molecule has 2 aromatic heterocycles. The average molecular weight is 361 g/mol. The van der Waals surface area contributed by atoms with E-state index in [0.29, 0.717) is 30.2 Å². The van der Waals surface area contributed by atoms with Gasteiger partial charge in [0, 0.05) is 18.9 Å². The second-order valence-corrected chi connectivity index (χ2v) is 6.03. The van der Waals surface area contributed by atoms with Gasteiger partial charge in [-0.15, -0.1) is 0 Å². The van der Waals surface area contributed by atoms with Gasteiger partial charge in [-0.25, -0.2) is 0 Å². The molecule has 0 spiro atoms. The molecule has 1 atom stereocenters. The maximum Gasteiger partial charge on any atom is 0.264 e. The molecular weight excluding hydrogens is 342 g/mol. The fourth-order valence-corrected chi connectivity index (χ4v) is 2.63. The highest BCUT2D eigenvalue weighted by Gasteiger charge is 2.23. The number of rotatable bonds is 7. The fourth-order valence-electron chi connectivity index (χ4n) is 2.63. The molecule has 0 aliphatic carbocycles. The van der Waals surface area contributed by atoms with E-state index in [4.69, 9.17) is 14.4 Å². The van der Waals surface area contributed by atoms with Crippen LogP contribution >= 0.6 is 0 Å². The molecule has 6 heteroatoms. The SMILES string of the molecule is CC(Oc1ccc(C#N)cc1)C(=O)N(Cc1cccnc1)Cc1ccco1. The van der Waals surface area contributed by atoms with Crippen molar-refractivity contribution in [2.45, 2.75) is 26.1 Å². The van der Waals surface area contributed by atoms with Crippen LogP contribution in [-0.2, 0) is 17.9 Å². The van der Waals surface area contributed by atoms with Crippen LogP contribution in [-0.4, -0.2) is 21.9 Å². The monoisotopic (exact) mass is 361 g/mol. The summed E-state index contributed by atoms with van der Waals surface area (Å²) in [6, 6.07) is 16.1. The van der Waals surface area contributed by atoms with Crippen molar-refractivity contribution in [3.8, 4) is 11.8 Å². The van der Waals surface area contributed by atoms with Crippen LogP contribution in [0.4, 0.5) is 0 Å². The van der Waals surface area contributed by atoms with Crippen molar-refractivity contribution in [2.24, 2.45) is 0 Å². The first-order valence-electron chi connectivity index (χ1n) is 8.52. The van der Waals surface area contributed by atoms with Crippen molar-refractivity contribution in [2.75, 3.05) is 0 Å². The van der Waals surface area contributed by atoms with E-state index in [0.717, 1.165) is 5.56 Å². The van der Waals surface area contributed by atoms with Crippen LogP contribution in [0.25, 0.3) is 0 Å². The van der Waals surface area contributed by atoms with Gasteiger partial charge >= 0.3 is 0 Å². The normalized spacial score (nSPS) is 11.4. The minimum Gasteiger partial charge on any atom is -0.481 e. The van der Waals surface area contributed by atoms with Gasteiger partial charge in [-0.2, -0.15) is 5.26 Å². The highest BCUT2D eigenvalue weighted by atomic mass is 16.5. The Kier molecular flexibility index (Phi) is 5.85. The number of benzene rings is 1. The third-order valence-electron chi connectivity index (χ3n) is 3.98. The summed E-state index contributed by atoms with van der Waals surface area (Å²) in [6.07, 6.45) is 4.32. The van der Waals surface area contributed by atoms with Gasteiger partial charge in [-0.1, -0.05) is 6.07 Å². The van der Waals surface area contributed by atoms with E-state index in [1.807, 2.05) is 18.2 Å². The summed E-state index contributed by atoms with van der Waals surface area (Å²) >= 11 is 0. The predicted molar refractivity (Wildman–Crippen MR) is 98.4 cm³/mol. The van der Waals surface area contributed by atoms with E-state index in [1.165, 1.54) is 0 Å². The van der Waals surface area contributed by atoms with Gasteiger partial charge in [0.15, 0.2) is 6.10 Å². The van der Waals surface area contributed by atoms with E-state index in [2.05, 4.69) is 11.1 Å². The number of nitriles is 1. The summed E-state index contributed by atoms with van der Waals surface area (Å²) < 4.78 is 11.2. The Morgan fingerprint density at radius 2 is 2.04 bits per heavy atom. The fraction of sp³-hybridized carbons (Fsp3) is 0.190. The average Bonchev–Trinajstić information content (AvgIpc) is 3.21. The molecule has 2 heterocycles. The molecule has 0 aliphatic heterocycles. The van der Waals surface area contributed by atoms with Crippen LogP contribution < -0.4 is 4.74 Å². The number of amides is 1. The molecule has 3 aromatic rings. The van der Waals surface area contributed by atoms with Gasteiger partial charge < -0.3 is 14.1 Å². The van der Waals surface area contributed by atoms with Crippen LogP contribution in [0.2, 0.25) is 0 Å². The standard InChI is InChI=1S/C21H19N3O3/c1-16(27-19-8-6-17(12-22)7-9-19)21(25)24(15-20-5-3-11-26-20)14-18-4-2-10-23-13-18/h2-11,13,16H,14-15H2,1H3. The summed E-state index contributed by atoms with van der Waals surface area (Å²) in [5.74, 6) is 1.06. The molecule has 0 fully saturated rings. The molecule has 136 valence electrons. The number of carbonyl (C=O) groups is 1. The third-order valence-corrected chi connectivity index (χ3v) is 3.98. The third kappa shape index (κ3) is 4.95. The Bertz CT molecular complexity index is 900. The molecule has 27 heavy (non-hydrogen) atoms. The lowest BCUT2D eigenvalue weighted by Crippen LogP contribution is -2.39. The number of hydrogen-bond acceptors (Lipinski definition) is 5. The lowest BCUT2D eigenvalue weighted by molar-refractivity contribution is -0.139. The highest BCUT2D eigenvalue weighted by molar-refractivity contribution is 5.80. The number of furan rings is 1. The van der Waals surface area contributed by atoms with Gasteiger partial charge in [-0.3, -0.25) is 9.78 Å². The number of pyridine rings is 1. The minimum atomic E-state index is -0.690. The molecule has 1 amide bonds. The summed E-state index contributed by atoms with van der Waals surface area (Å²) in [5.41, 5.74) is 1.46.